The smallest absolute Gasteiger partial charge is 0.226 e. The third-order valence-electron chi connectivity index (χ3n) is 4.83. The Balaban J connectivity index is 1.78. The Kier molecular flexibility index (Phi) is 5.04. The summed E-state index contributed by atoms with van der Waals surface area (Å²) < 4.78 is 0. The highest BCUT2D eigenvalue weighted by atomic mass is 16.2. The van der Waals surface area contributed by atoms with E-state index in [0.29, 0.717) is 5.91 Å². The van der Waals surface area contributed by atoms with Crippen molar-refractivity contribution in [2.45, 2.75) is 58.3 Å². The van der Waals surface area contributed by atoms with Crippen molar-refractivity contribution in [3.05, 3.63) is 0 Å². The van der Waals surface area contributed by atoms with Crippen LogP contribution in [0.4, 0.5) is 0 Å². The first kappa shape index (κ1) is 13.9. The summed E-state index contributed by atoms with van der Waals surface area (Å²) in [5.74, 6) is 1.21. The number of rotatable bonds is 6. The lowest BCUT2D eigenvalue weighted by Crippen LogP contribution is -2.48. The number of nitrogens with one attached hydrogen (secondary N) is 2. The second-order valence-electron chi connectivity index (χ2n) is 6.12. The molecule has 1 aliphatic carbocycles. The highest BCUT2D eigenvalue weighted by molar-refractivity contribution is 5.82. The zero-order valence-electron chi connectivity index (χ0n) is 11.8. The molecule has 1 amide bonds. The second kappa shape index (κ2) is 6.55. The third kappa shape index (κ3) is 3.25. The molecule has 0 unspecified atom stereocenters. The van der Waals surface area contributed by atoms with Crippen molar-refractivity contribution in [3.8, 4) is 0 Å². The molecule has 0 aromatic carbocycles. The van der Waals surface area contributed by atoms with E-state index in [1.807, 2.05) is 0 Å². The van der Waals surface area contributed by atoms with Crippen LogP contribution in [0, 0.1) is 11.3 Å². The van der Waals surface area contributed by atoms with Crippen molar-refractivity contribution < 1.29 is 4.79 Å². The van der Waals surface area contributed by atoms with Gasteiger partial charge in [-0.15, -0.1) is 0 Å². The highest BCUT2D eigenvalue weighted by Gasteiger charge is 2.38. The molecule has 1 aliphatic heterocycles. The van der Waals surface area contributed by atoms with Crippen LogP contribution in [0.3, 0.4) is 0 Å². The monoisotopic (exact) mass is 252 g/mol. The van der Waals surface area contributed by atoms with E-state index in [0.717, 1.165) is 51.2 Å². The zero-order chi connectivity index (χ0) is 12.8. The van der Waals surface area contributed by atoms with Gasteiger partial charge in [-0.25, -0.2) is 0 Å². The standard InChI is InChI=1S/C15H28N2O/c1-2-7-15(8-11-16-12-9-15)14(18)17-10-6-13-4-3-5-13/h13,16H,2-12H2,1H3,(H,17,18). The van der Waals surface area contributed by atoms with E-state index in [1.165, 1.54) is 25.7 Å². The molecule has 0 atom stereocenters. The predicted octanol–water partition coefficient (Wildman–Crippen LogP) is 2.46. The van der Waals surface area contributed by atoms with Gasteiger partial charge in [0, 0.05) is 6.54 Å². The Morgan fingerprint density at radius 1 is 1.33 bits per heavy atom. The number of hydrogen-bond donors (Lipinski definition) is 2. The summed E-state index contributed by atoms with van der Waals surface area (Å²) >= 11 is 0. The van der Waals surface area contributed by atoms with Gasteiger partial charge in [-0.1, -0.05) is 32.6 Å². The molecule has 104 valence electrons. The molecule has 1 saturated heterocycles. The number of carbonyl (C=O) groups is 1. The Labute approximate surface area is 111 Å². The molecule has 2 rings (SSSR count). The lowest BCUT2D eigenvalue weighted by molar-refractivity contribution is -0.133. The second-order valence-corrected chi connectivity index (χ2v) is 6.12. The lowest BCUT2D eigenvalue weighted by Gasteiger charge is -2.36. The number of amides is 1. The van der Waals surface area contributed by atoms with Gasteiger partial charge in [0.1, 0.15) is 0 Å². The molecule has 0 bridgehead atoms. The molecular formula is C15H28N2O. The van der Waals surface area contributed by atoms with Crippen molar-refractivity contribution in [2.75, 3.05) is 19.6 Å². The van der Waals surface area contributed by atoms with Crippen molar-refractivity contribution in [2.24, 2.45) is 11.3 Å². The molecule has 3 nitrogen and oxygen atoms in total. The highest BCUT2D eigenvalue weighted by Crippen LogP contribution is 2.34. The first-order valence-electron chi connectivity index (χ1n) is 7.76. The molecule has 0 aromatic rings. The Hall–Kier alpha value is -0.570. The number of hydrogen-bond acceptors (Lipinski definition) is 2. The average Bonchev–Trinajstić information content (AvgIpc) is 2.33. The van der Waals surface area contributed by atoms with E-state index in [1.54, 1.807) is 0 Å². The van der Waals surface area contributed by atoms with Gasteiger partial charge in [-0.3, -0.25) is 4.79 Å². The van der Waals surface area contributed by atoms with Gasteiger partial charge in [-0.2, -0.15) is 0 Å². The molecule has 18 heavy (non-hydrogen) atoms. The summed E-state index contributed by atoms with van der Waals surface area (Å²) in [5, 5.41) is 6.58. The summed E-state index contributed by atoms with van der Waals surface area (Å²) in [7, 11) is 0. The zero-order valence-corrected chi connectivity index (χ0v) is 11.8. The summed E-state index contributed by atoms with van der Waals surface area (Å²) in [6.45, 7) is 5.07. The molecule has 0 radical (unpaired) electrons. The van der Waals surface area contributed by atoms with Crippen LogP contribution in [-0.2, 0) is 4.79 Å². The minimum absolute atomic E-state index is 0.0698. The van der Waals surface area contributed by atoms with Crippen LogP contribution in [0.5, 0.6) is 0 Å². The largest absolute Gasteiger partial charge is 0.356 e. The van der Waals surface area contributed by atoms with E-state index in [-0.39, 0.29) is 5.41 Å². The topological polar surface area (TPSA) is 41.1 Å². The Morgan fingerprint density at radius 3 is 2.61 bits per heavy atom. The van der Waals surface area contributed by atoms with Crippen molar-refractivity contribution in [1.82, 2.24) is 10.6 Å². The summed E-state index contributed by atoms with van der Waals surface area (Å²) in [5.41, 5.74) is -0.0698. The Bertz CT molecular complexity index is 262. The van der Waals surface area contributed by atoms with Crippen LogP contribution in [0.15, 0.2) is 0 Å². The molecule has 0 aromatic heterocycles. The fourth-order valence-corrected chi connectivity index (χ4v) is 3.33. The SMILES string of the molecule is CCCC1(C(=O)NCCC2CCC2)CCNCC1. The summed E-state index contributed by atoms with van der Waals surface area (Å²) in [4.78, 5) is 12.5. The van der Waals surface area contributed by atoms with E-state index in [4.69, 9.17) is 0 Å². The third-order valence-corrected chi connectivity index (χ3v) is 4.83. The van der Waals surface area contributed by atoms with Crippen LogP contribution < -0.4 is 10.6 Å². The molecule has 2 fully saturated rings. The van der Waals surface area contributed by atoms with E-state index < -0.39 is 0 Å². The maximum absolute atomic E-state index is 12.5. The first-order valence-corrected chi connectivity index (χ1v) is 7.76. The van der Waals surface area contributed by atoms with Gasteiger partial charge in [0.2, 0.25) is 5.91 Å². The fraction of sp³-hybridized carbons (Fsp3) is 0.933. The van der Waals surface area contributed by atoms with Crippen LogP contribution >= 0.6 is 0 Å². The predicted molar refractivity (Wildman–Crippen MR) is 74.4 cm³/mol. The van der Waals surface area contributed by atoms with Crippen molar-refractivity contribution in [3.63, 3.8) is 0 Å². The van der Waals surface area contributed by atoms with Crippen molar-refractivity contribution in [1.29, 1.82) is 0 Å². The van der Waals surface area contributed by atoms with E-state index >= 15 is 0 Å². The molecule has 3 heteroatoms. The summed E-state index contributed by atoms with van der Waals surface area (Å²) in [6, 6.07) is 0. The minimum Gasteiger partial charge on any atom is -0.356 e. The van der Waals surface area contributed by atoms with Gasteiger partial charge in [0.05, 0.1) is 5.41 Å². The number of carbonyl (C=O) groups excluding carboxylic acids is 1. The Morgan fingerprint density at radius 2 is 2.06 bits per heavy atom. The van der Waals surface area contributed by atoms with Crippen LogP contribution in [0.2, 0.25) is 0 Å². The molecule has 1 heterocycles. The van der Waals surface area contributed by atoms with Crippen LogP contribution in [0.25, 0.3) is 0 Å². The summed E-state index contributed by atoms with van der Waals surface area (Å²) in [6.07, 6.45) is 9.50. The van der Waals surface area contributed by atoms with Crippen molar-refractivity contribution >= 4 is 5.91 Å². The molecule has 2 N–H and O–H groups in total. The minimum atomic E-state index is -0.0698. The van der Waals surface area contributed by atoms with Gasteiger partial charge in [-0.05, 0) is 44.7 Å². The maximum atomic E-state index is 12.5. The van der Waals surface area contributed by atoms with Gasteiger partial charge in [0.15, 0.2) is 0 Å². The lowest BCUT2D eigenvalue weighted by atomic mass is 9.74. The van der Waals surface area contributed by atoms with Crippen LogP contribution in [0.1, 0.15) is 58.3 Å². The van der Waals surface area contributed by atoms with Crippen LogP contribution in [-0.4, -0.2) is 25.5 Å². The van der Waals surface area contributed by atoms with E-state index in [9.17, 15) is 4.79 Å². The molecule has 1 saturated carbocycles. The van der Waals surface area contributed by atoms with E-state index in [2.05, 4.69) is 17.6 Å². The van der Waals surface area contributed by atoms with Gasteiger partial charge in [0.25, 0.3) is 0 Å². The van der Waals surface area contributed by atoms with Gasteiger partial charge < -0.3 is 10.6 Å². The normalized spacial score (nSPS) is 23.4. The molecular weight excluding hydrogens is 224 g/mol. The van der Waals surface area contributed by atoms with Gasteiger partial charge >= 0.3 is 0 Å². The maximum Gasteiger partial charge on any atom is 0.226 e. The fourth-order valence-electron chi connectivity index (χ4n) is 3.33. The average molecular weight is 252 g/mol. The number of piperidine rings is 1. The molecule has 2 aliphatic rings. The quantitative estimate of drug-likeness (QED) is 0.762. The molecule has 0 spiro atoms. The first-order chi connectivity index (χ1) is 8.77.